The first-order valence-electron chi connectivity index (χ1n) is 7.68. The van der Waals surface area contributed by atoms with E-state index < -0.39 is 0 Å². The first-order valence-corrected chi connectivity index (χ1v) is 7.68. The Morgan fingerprint density at radius 1 is 1.17 bits per heavy atom. The van der Waals surface area contributed by atoms with Gasteiger partial charge in [0.05, 0.1) is 12.7 Å². The zero-order chi connectivity index (χ0) is 15.9. The molecule has 1 fully saturated rings. The van der Waals surface area contributed by atoms with Gasteiger partial charge in [-0.15, -0.1) is 0 Å². The van der Waals surface area contributed by atoms with Crippen LogP contribution in [-0.4, -0.2) is 46.6 Å². The van der Waals surface area contributed by atoms with E-state index in [1.165, 1.54) is 0 Å². The SMILES string of the molecule is O=C(COc1cccnc1)N1CCCC(Oc2ccncc2)C1. The van der Waals surface area contributed by atoms with Crippen LogP contribution in [0.5, 0.6) is 11.5 Å². The summed E-state index contributed by atoms with van der Waals surface area (Å²) in [6, 6.07) is 7.21. The molecule has 23 heavy (non-hydrogen) atoms. The molecule has 6 nitrogen and oxygen atoms in total. The molecule has 1 amide bonds. The van der Waals surface area contributed by atoms with Gasteiger partial charge in [-0.25, -0.2) is 0 Å². The average Bonchev–Trinajstić information content (AvgIpc) is 2.62. The molecular weight excluding hydrogens is 294 g/mol. The smallest absolute Gasteiger partial charge is 0.260 e. The maximum atomic E-state index is 12.3. The van der Waals surface area contributed by atoms with E-state index in [0.29, 0.717) is 12.3 Å². The molecule has 0 aliphatic carbocycles. The Kier molecular flexibility index (Phi) is 5.03. The average molecular weight is 313 g/mol. The summed E-state index contributed by atoms with van der Waals surface area (Å²) in [7, 11) is 0. The first kappa shape index (κ1) is 15.3. The zero-order valence-corrected chi connectivity index (χ0v) is 12.8. The number of carbonyl (C=O) groups excluding carboxylic acids is 1. The molecule has 0 spiro atoms. The molecule has 1 aliphatic heterocycles. The molecule has 3 heterocycles. The van der Waals surface area contributed by atoms with Gasteiger partial charge in [0.15, 0.2) is 6.61 Å². The lowest BCUT2D eigenvalue weighted by molar-refractivity contribution is -0.136. The summed E-state index contributed by atoms with van der Waals surface area (Å²) in [6.45, 7) is 1.34. The molecule has 120 valence electrons. The molecule has 0 bridgehead atoms. The minimum absolute atomic E-state index is 0.00786. The van der Waals surface area contributed by atoms with Gasteiger partial charge >= 0.3 is 0 Å². The van der Waals surface area contributed by atoms with Crippen LogP contribution in [0.15, 0.2) is 49.1 Å². The van der Waals surface area contributed by atoms with Crippen LogP contribution in [0.4, 0.5) is 0 Å². The summed E-state index contributed by atoms with van der Waals surface area (Å²) in [5.41, 5.74) is 0. The monoisotopic (exact) mass is 313 g/mol. The van der Waals surface area contributed by atoms with E-state index in [4.69, 9.17) is 9.47 Å². The molecule has 0 N–H and O–H groups in total. The largest absolute Gasteiger partial charge is 0.488 e. The molecular formula is C17H19N3O3. The van der Waals surface area contributed by atoms with Gasteiger partial charge in [-0.3, -0.25) is 14.8 Å². The minimum Gasteiger partial charge on any atom is -0.488 e. The highest BCUT2D eigenvalue weighted by atomic mass is 16.5. The molecule has 1 unspecified atom stereocenters. The predicted octanol–water partition coefficient (Wildman–Crippen LogP) is 1.93. The number of likely N-dealkylation sites (tertiary alicyclic amines) is 1. The number of carbonyl (C=O) groups is 1. The van der Waals surface area contributed by atoms with E-state index in [1.54, 1.807) is 41.8 Å². The Hall–Kier alpha value is -2.63. The fourth-order valence-corrected chi connectivity index (χ4v) is 2.54. The van der Waals surface area contributed by atoms with Gasteiger partial charge in [-0.05, 0) is 37.1 Å². The predicted molar refractivity (Wildman–Crippen MR) is 84.2 cm³/mol. The number of ether oxygens (including phenoxy) is 2. The van der Waals surface area contributed by atoms with Crippen LogP contribution in [-0.2, 0) is 4.79 Å². The Morgan fingerprint density at radius 3 is 2.83 bits per heavy atom. The van der Waals surface area contributed by atoms with Crippen molar-refractivity contribution in [2.45, 2.75) is 18.9 Å². The van der Waals surface area contributed by atoms with Crippen molar-refractivity contribution in [2.75, 3.05) is 19.7 Å². The minimum atomic E-state index is -0.0307. The van der Waals surface area contributed by atoms with E-state index in [0.717, 1.165) is 25.1 Å². The molecule has 3 rings (SSSR count). The van der Waals surface area contributed by atoms with Gasteiger partial charge in [-0.1, -0.05) is 0 Å². The third kappa shape index (κ3) is 4.42. The van der Waals surface area contributed by atoms with E-state index >= 15 is 0 Å². The standard InChI is InChI=1S/C17H19N3O3/c21-17(13-22-15-3-1-7-19-11-15)20-10-2-4-16(12-20)23-14-5-8-18-9-6-14/h1,3,5-9,11,16H,2,4,10,12-13H2. The Morgan fingerprint density at radius 2 is 2.04 bits per heavy atom. The van der Waals surface area contributed by atoms with Gasteiger partial charge in [0.2, 0.25) is 0 Å². The van der Waals surface area contributed by atoms with Gasteiger partial charge in [-0.2, -0.15) is 0 Å². The highest BCUT2D eigenvalue weighted by molar-refractivity contribution is 5.77. The van der Waals surface area contributed by atoms with Gasteiger partial charge in [0.25, 0.3) is 5.91 Å². The van der Waals surface area contributed by atoms with Crippen molar-refractivity contribution in [3.63, 3.8) is 0 Å². The van der Waals surface area contributed by atoms with Crippen LogP contribution in [0.3, 0.4) is 0 Å². The molecule has 0 radical (unpaired) electrons. The molecule has 6 heteroatoms. The normalized spacial score (nSPS) is 17.6. The number of hydrogen-bond donors (Lipinski definition) is 0. The molecule has 0 aromatic carbocycles. The molecule has 0 saturated carbocycles. The number of amides is 1. The lowest BCUT2D eigenvalue weighted by Crippen LogP contribution is -2.46. The third-order valence-corrected chi connectivity index (χ3v) is 3.68. The number of rotatable bonds is 5. The van der Waals surface area contributed by atoms with E-state index in [2.05, 4.69) is 9.97 Å². The van der Waals surface area contributed by atoms with Crippen LogP contribution in [0.25, 0.3) is 0 Å². The first-order chi connectivity index (χ1) is 11.3. The maximum absolute atomic E-state index is 12.3. The number of pyridine rings is 2. The van der Waals surface area contributed by atoms with Gasteiger partial charge < -0.3 is 14.4 Å². The van der Waals surface area contributed by atoms with Crippen LogP contribution in [0.2, 0.25) is 0 Å². The number of piperidine rings is 1. The topological polar surface area (TPSA) is 64.5 Å². The Bertz CT molecular complexity index is 621. The summed E-state index contributed by atoms with van der Waals surface area (Å²) in [5.74, 6) is 1.35. The lowest BCUT2D eigenvalue weighted by Gasteiger charge is -2.32. The van der Waals surface area contributed by atoms with Crippen molar-refractivity contribution in [1.82, 2.24) is 14.9 Å². The quantitative estimate of drug-likeness (QED) is 0.844. The maximum Gasteiger partial charge on any atom is 0.260 e. The number of hydrogen-bond acceptors (Lipinski definition) is 5. The van der Waals surface area contributed by atoms with E-state index in [1.807, 2.05) is 12.1 Å². The Labute approximate surface area is 135 Å². The van der Waals surface area contributed by atoms with Crippen molar-refractivity contribution in [1.29, 1.82) is 0 Å². The molecule has 1 saturated heterocycles. The third-order valence-electron chi connectivity index (χ3n) is 3.68. The van der Waals surface area contributed by atoms with E-state index in [9.17, 15) is 4.79 Å². The molecule has 2 aromatic rings. The van der Waals surface area contributed by atoms with E-state index in [-0.39, 0.29) is 18.6 Å². The summed E-state index contributed by atoms with van der Waals surface area (Å²) in [5, 5.41) is 0. The highest BCUT2D eigenvalue weighted by Gasteiger charge is 2.25. The number of nitrogens with zero attached hydrogens (tertiary/aromatic N) is 3. The molecule has 2 aromatic heterocycles. The number of aromatic nitrogens is 2. The second-order valence-electron chi connectivity index (χ2n) is 5.38. The summed E-state index contributed by atoms with van der Waals surface area (Å²) < 4.78 is 11.4. The second-order valence-corrected chi connectivity index (χ2v) is 5.38. The van der Waals surface area contributed by atoms with Crippen molar-refractivity contribution >= 4 is 5.91 Å². The summed E-state index contributed by atoms with van der Waals surface area (Å²) >= 11 is 0. The molecule has 1 atom stereocenters. The fraction of sp³-hybridized carbons (Fsp3) is 0.353. The van der Waals surface area contributed by atoms with Crippen LogP contribution in [0.1, 0.15) is 12.8 Å². The summed E-state index contributed by atoms with van der Waals surface area (Å²) in [4.78, 5) is 22.0. The summed E-state index contributed by atoms with van der Waals surface area (Å²) in [6.07, 6.45) is 8.53. The highest BCUT2D eigenvalue weighted by Crippen LogP contribution is 2.18. The van der Waals surface area contributed by atoms with Crippen molar-refractivity contribution in [2.24, 2.45) is 0 Å². The van der Waals surface area contributed by atoms with Crippen LogP contribution >= 0.6 is 0 Å². The van der Waals surface area contributed by atoms with Gasteiger partial charge in [0.1, 0.15) is 17.6 Å². The second kappa shape index (κ2) is 7.58. The van der Waals surface area contributed by atoms with Gasteiger partial charge in [0, 0.05) is 25.1 Å². The van der Waals surface area contributed by atoms with Crippen molar-refractivity contribution < 1.29 is 14.3 Å². The Balaban J connectivity index is 1.50. The fourth-order valence-electron chi connectivity index (χ4n) is 2.54. The van der Waals surface area contributed by atoms with Crippen LogP contribution in [0, 0.1) is 0 Å². The van der Waals surface area contributed by atoms with Crippen molar-refractivity contribution in [3.8, 4) is 11.5 Å². The zero-order valence-electron chi connectivity index (χ0n) is 12.8. The van der Waals surface area contributed by atoms with Crippen molar-refractivity contribution in [3.05, 3.63) is 49.1 Å². The molecule has 1 aliphatic rings. The lowest BCUT2D eigenvalue weighted by atomic mass is 10.1. The van der Waals surface area contributed by atoms with Crippen LogP contribution < -0.4 is 9.47 Å².